The predicted octanol–water partition coefficient (Wildman–Crippen LogP) is 20.0. The zero-order chi connectivity index (χ0) is 84.4. The first-order valence-corrected chi connectivity index (χ1v) is 37.4. The molecule has 11 aromatic carbocycles. The molecule has 23 nitrogen and oxygen atoms in total. The van der Waals surface area contributed by atoms with Gasteiger partial charge in [0.1, 0.15) is 28.3 Å². The summed E-state index contributed by atoms with van der Waals surface area (Å²) in [6, 6.07) is 74.2. The van der Waals surface area contributed by atoms with Crippen LogP contribution in [-0.4, -0.2) is 102 Å². The van der Waals surface area contributed by atoms with Crippen molar-refractivity contribution in [3.8, 4) is 73.1 Å². The number of rotatable bonds is 17. The number of phenolic OH excluding ortho intramolecular Hbond substituents is 2. The molecule has 0 atom stereocenters. The lowest BCUT2D eigenvalue weighted by atomic mass is 10.0. The molecule has 0 unspecified atom stereocenters. The van der Waals surface area contributed by atoms with Crippen LogP contribution in [0, 0.1) is 6.92 Å². The number of nitrogens with zero attached hydrogens (tertiary/aromatic N) is 6. The van der Waals surface area contributed by atoms with E-state index in [1.165, 1.54) is 30.3 Å². The third kappa shape index (κ3) is 23.4. The number of aromatic nitrogens is 6. The van der Waals surface area contributed by atoms with Gasteiger partial charge in [-0.05, 0) is 210 Å². The second kappa shape index (κ2) is 38.4. The van der Waals surface area contributed by atoms with Gasteiger partial charge in [-0.25, -0.2) is 34.1 Å². The number of nitrogen functional groups attached to an aromatic ring is 1. The molecule has 3 aromatic heterocycles. The highest BCUT2D eigenvalue weighted by atomic mass is 35.5. The Balaban J connectivity index is 0.000000169. The third-order valence-corrected chi connectivity index (χ3v) is 17.7. The van der Waals surface area contributed by atoms with E-state index in [1.54, 1.807) is 141 Å². The Morgan fingerprint density at radius 3 is 0.908 bits per heavy atom. The summed E-state index contributed by atoms with van der Waals surface area (Å²) >= 11 is 0. The van der Waals surface area contributed by atoms with Crippen LogP contribution in [0.3, 0.4) is 0 Å². The van der Waals surface area contributed by atoms with Crippen molar-refractivity contribution in [1.82, 2.24) is 28.7 Å². The lowest BCUT2D eigenvalue weighted by Crippen LogP contribution is -2.25. The first kappa shape index (κ1) is 86.4. The molecule has 3 amide bonds. The van der Waals surface area contributed by atoms with Crippen LogP contribution in [0.25, 0.3) is 61.6 Å². The van der Waals surface area contributed by atoms with Gasteiger partial charge in [-0.1, -0.05) is 146 Å². The van der Waals surface area contributed by atoms with E-state index in [4.69, 9.17) is 19.9 Å². The number of nitrogens with one attached hydrogen (secondary N) is 3. The van der Waals surface area contributed by atoms with Crippen molar-refractivity contribution in [3.05, 3.63) is 349 Å². The highest BCUT2D eigenvalue weighted by Gasteiger charge is 2.27. The molecule has 14 aromatic rings. The SMILES string of the molecule is CC(C)(C)OC(=O)c1ccc(-c2ccccc2)cc1N.CC(C)(C)OC(=O)c1ccc(-c2ccccc2)cc1NC(=O)c1ccc(-n2ccnc2)cc1O.Cc1cc(-n2ccnc2)ccc1C(=O)Nc1cc(-c2ccccc2)ccc1C(=O)OC(C)(C)C.Cl.O=C(Nc1cc(-c2ccccc2)ccc1C(=O)O)c1ccc(-n2ccnc2)cc1O. The van der Waals surface area contributed by atoms with E-state index in [0.29, 0.717) is 45.1 Å². The summed E-state index contributed by atoms with van der Waals surface area (Å²) in [6.07, 6.45) is 15.1. The fourth-order valence-electron chi connectivity index (χ4n) is 12.1. The number of benzene rings is 11. The van der Waals surface area contributed by atoms with Gasteiger partial charge in [-0.2, -0.15) is 0 Å². The molecule has 0 saturated heterocycles. The number of aromatic carboxylic acids is 1. The van der Waals surface area contributed by atoms with Crippen LogP contribution in [0.4, 0.5) is 22.7 Å². The first-order valence-electron chi connectivity index (χ1n) is 37.4. The van der Waals surface area contributed by atoms with Gasteiger partial charge in [-0.3, -0.25) is 14.4 Å². The van der Waals surface area contributed by atoms with Crippen molar-refractivity contribution >= 4 is 76.8 Å². The van der Waals surface area contributed by atoms with Crippen molar-refractivity contribution in [3.63, 3.8) is 0 Å². The molecular weight excluding hydrogens is 1520 g/mol. The predicted molar refractivity (Wildman–Crippen MR) is 464 cm³/mol. The highest BCUT2D eigenvalue weighted by Crippen LogP contribution is 2.34. The second-order valence-corrected chi connectivity index (χ2v) is 30.0. The number of anilines is 4. The Morgan fingerprint density at radius 1 is 0.336 bits per heavy atom. The second-order valence-electron chi connectivity index (χ2n) is 30.0. The van der Waals surface area contributed by atoms with Gasteiger partial charge in [0.2, 0.25) is 0 Å². The molecule has 119 heavy (non-hydrogen) atoms. The van der Waals surface area contributed by atoms with Gasteiger partial charge in [0.05, 0.1) is 80.8 Å². The molecule has 3 heterocycles. The smallest absolute Gasteiger partial charge is 0.340 e. The number of carbonyl (C=O) groups is 7. The zero-order valence-corrected chi connectivity index (χ0v) is 67.8. The van der Waals surface area contributed by atoms with Crippen molar-refractivity contribution in [2.45, 2.75) is 86.0 Å². The van der Waals surface area contributed by atoms with Gasteiger partial charge >= 0.3 is 23.9 Å². The van der Waals surface area contributed by atoms with Crippen molar-refractivity contribution in [1.29, 1.82) is 0 Å². The molecule has 0 radical (unpaired) electrons. The zero-order valence-electron chi connectivity index (χ0n) is 67.0. The lowest BCUT2D eigenvalue weighted by Gasteiger charge is -2.21. The number of nitrogens with two attached hydrogens (primary N) is 1. The fraction of sp³-hybridized carbons (Fsp3) is 0.137. The van der Waals surface area contributed by atoms with Crippen LogP contribution in [0.15, 0.2) is 305 Å². The molecule has 0 saturated carbocycles. The Kier molecular flexibility index (Phi) is 27.9. The molecular formula is C95H89ClN10O13. The van der Waals surface area contributed by atoms with Crippen LogP contribution in [0.1, 0.15) is 140 Å². The standard InChI is InChI=1S/C28H27N3O3.C27H25N3O4.C23H17N3O4.C17H19NO2.ClH/c1-19-16-22(31-15-14-29-18-31)11-13-23(19)26(32)30-25-17-21(20-8-6-5-7-9-20)10-12-24(25)27(33)34-28(2,3)4;1-27(2,3)34-26(33)21-11-9-19(18-7-5-4-6-8-18)15-23(21)29-25(32)22-12-10-20(16-24(22)31)30-14-13-28-17-30;27-21-13-17(26-11-10-24-14-26)7-9-19(21)22(28)25-20-12-16(6-8-18(20)23(29)30)15-4-2-1-3-5-15;1-17(2,3)20-16(19)14-10-9-13(11-15(14)18)12-7-5-4-6-8-12;/h5-18H,1-4H3,(H,30,32);4-17,31H,1-3H3,(H,29,32);1-14,27H,(H,25,28)(H,29,30);4-11H,18H2,1-3H3;1H. The quantitative estimate of drug-likeness (QED) is 0.0253. The van der Waals surface area contributed by atoms with Crippen LogP contribution in [-0.2, 0) is 14.2 Å². The van der Waals surface area contributed by atoms with Gasteiger partial charge in [0, 0.05) is 66.3 Å². The number of carboxylic acids is 1. The minimum Gasteiger partial charge on any atom is -0.507 e. The number of halogens is 1. The fourth-order valence-corrected chi connectivity index (χ4v) is 12.1. The third-order valence-electron chi connectivity index (χ3n) is 17.7. The maximum Gasteiger partial charge on any atom is 0.340 e. The number of hydrogen-bond acceptors (Lipinski definition) is 16. The molecule has 0 aliphatic carbocycles. The molecule has 0 aliphatic heterocycles. The van der Waals surface area contributed by atoms with E-state index in [1.807, 2.05) is 217 Å². The monoisotopic (exact) mass is 1610 g/mol. The number of imidazole rings is 3. The highest BCUT2D eigenvalue weighted by molar-refractivity contribution is 6.12. The van der Waals surface area contributed by atoms with Gasteiger partial charge in [0.25, 0.3) is 17.7 Å². The van der Waals surface area contributed by atoms with Gasteiger partial charge in [0.15, 0.2) is 0 Å². The number of ether oxygens (including phenoxy) is 3. The van der Waals surface area contributed by atoms with Crippen LogP contribution in [0.5, 0.6) is 11.5 Å². The van der Waals surface area contributed by atoms with E-state index in [9.17, 15) is 48.9 Å². The average molecular weight is 1610 g/mol. The minimum absolute atomic E-state index is 0. The molecule has 8 N–H and O–H groups in total. The van der Waals surface area contributed by atoms with E-state index in [0.717, 1.165) is 55.8 Å². The largest absolute Gasteiger partial charge is 0.507 e. The van der Waals surface area contributed by atoms with Crippen LogP contribution < -0.4 is 21.7 Å². The maximum atomic E-state index is 13.3. The minimum atomic E-state index is -1.16. The number of carboxylic acid groups (broad SMARTS) is 1. The van der Waals surface area contributed by atoms with E-state index < -0.39 is 52.5 Å². The molecule has 14 rings (SSSR count). The number of esters is 3. The normalized spacial score (nSPS) is 10.9. The maximum absolute atomic E-state index is 13.3. The summed E-state index contributed by atoms with van der Waals surface area (Å²) < 4.78 is 21.7. The molecule has 0 aliphatic rings. The van der Waals surface area contributed by atoms with Crippen LogP contribution in [0.2, 0.25) is 0 Å². The van der Waals surface area contributed by atoms with E-state index in [-0.39, 0.29) is 57.8 Å². The number of carbonyl (C=O) groups excluding carboxylic acids is 6. The molecule has 604 valence electrons. The average Bonchev–Trinajstić information content (AvgIpc) is 0.946. The van der Waals surface area contributed by atoms with Crippen molar-refractivity contribution in [2.75, 3.05) is 21.7 Å². The molecule has 0 bridgehead atoms. The summed E-state index contributed by atoms with van der Waals surface area (Å²) in [4.78, 5) is 101. The van der Waals surface area contributed by atoms with Gasteiger partial charge < -0.3 is 64.9 Å². The van der Waals surface area contributed by atoms with E-state index >= 15 is 0 Å². The summed E-state index contributed by atoms with van der Waals surface area (Å²) in [5, 5.41) is 38.7. The number of phenols is 2. The Hall–Kier alpha value is -15.0. The Morgan fingerprint density at radius 2 is 0.613 bits per heavy atom. The van der Waals surface area contributed by atoms with Crippen molar-refractivity contribution < 1.29 is 63.1 Å². The number of amides is 3. The first-order chi connectivity index (χ1) is 56.3. The van der Waals surface area contributed by atoms with Crippen molar-refractivity contribution in [2.24, 2.45) is 0 Å². The lowest BCUT2D eigenvalue weighted by molar-refractivity contribution is 0.00580. The molecule has 0 spiro atoms. The Labute approximate surface area is 694 Å². The number of aromatic hydroxyl groups is 2. The summed E-state index contributed by atoms with van der Waals surface area (Å²) in [7, 11) is 0. The Bertz CT molecular complexity index is 5700. The summed E-state index contributed by atoms with van der Waals surface area (Å²) in [5.74, 6) is -4.49. The van der Waals surface area contributed by atoms with E-state index in [2.05, 4.69) is 30.9 Å². The van der Waals surface area contributed by atoms with Crippen LogP contribution >= 0.6 is 12.4 Å². The number of hydrogen-bond donors (Lipinski definition) is 7. The van der Waals surface area contributed by atoms with Gasteiger partial charge in [-0.15, -0.1) is 12.4 Å². The molecule has 0 fully saturated rings. The number of aryl methyl sites for hydroxylation is 1. The molecule has 24 heteroatoms. The summed E-state index contributed by atoms with van der Waals surface area (Å²) in [5.41, 5.74) is 17.2. The summed E-state index contributed by atoms with van der Waals surface area (Å²) in [6.45, 7) is 18.2. The topological polar surface area (TPSA) is 323 Å².